The first-order valence-electron chi connectivity index (χ1n) is 13.0. The summed E-state index contributed by atoms with van der Waals surface area (Å²) >= 11 is 0. The number of piperidine rings is 1. The lowest BCUT2D eigenvalue weighted by atomic mass is 9.87. The summed E-state index contributed by atoms with van der Waals surface area (Å²) in [5.74, 6) is 2.02. The number of rotatable bonds is 7. The van der Waals surface area contributed by atoms with Crippen LogP contribution in [0.15, 0.2) is 71.6 Å². The van der Waals surface area contributed by atoms with Gasteiger partial charge in [-0.1, -0.05) is 49.4 Å². The van der Waals surface area contributed by atoms with E-state index in [1.165, 1.54) is 0 Å². The summed E-state index contributed by atoms with van der Waals surface area (Å²) < 4.78 is 38.8. The molecule has 0 N–H and O–H groups in total. The maximum Gasteiger partial charge on any atom is 0.243 e. The highest BCUT2D eigenvalue weighted by molar-refractivity contribution is 7.89. The van der Waals surface area contributed by atoms with Crippen molar-refractivity contribution in [1.82, 2.24) is 4.31 Å². The minimum atomic E-state index is -3.49. The first-order chi connectivity index (χ1) is 17.8. The number of carbonyl (C=O) groups is 1. The van der Waals surface area contributed by atoms with Crippen LogP contribution in [0.25, 0.3) is 11.1 Å². The van der Waals surface area contributed by atoms with Crippen LogP contribution in [0.5, 0.6) is 11.5 Å². The first-order valence-corrected chi connectivity index (χ1v) is 14.4. The van der Waals surface area contributed by atoms with Crippen LogP contribution >= 0.6 is 0 Å². The van der Waals surface area contributed by atoms with Gasteiger partial charge in [0.2, 0.25) is 16.8 Å². The summed E-state index contributed by atoms with van der Waals surface area (Å²) in [6.45, 7) is 3.48. The zero-order chi connectivity index (χ0) is 25.6. The second-order valence-electron chi connectivity index (χ2n) is 10.6. The van der Waals surface area contributed by atoms with Gasteiger partial charge in [-0.3, -0.25) is 4.79 Å². The second kappa shape index (κ2) is 9.30. The molecule has 1 unspecified atom stereocenters. The van der Waals surface area contributed by atoms with E-state index in [4.69, 9.17) is 9.47 Å². The van der Waals surface area contributed by atoms with Crippen molar-refractivity contribution in [2.75, 3.05) is 19.9 Å². The van der Waals surface area contributed by atoms with Gasteiger partial charge in [-0.2, -0.15) is 4.31 Å². The van der Waals surface area contributed by atoms with Crippen LogP contribution in [-0.2, 0) is 26.7 Å². The molecule has 6 nitrogen and oxygen atoms in total. The SMILES string of the molecule is CC1CCCN(S(=O)(=O)c2ccc(-c3cccc(CC(=O)C4(c5ccc6c(c5)OCO6)CC4)c3)cc2)C1. The third kappa shape index (κ3) is 4.55. The fraction of sp³-hybridized carbons (Fsp3) is 0.367. The first kappa shape index (κ1) is 24.2. The highest BCUT2D eigenvalue weighted by Crippen LogP contribution is 2.51. The largest absolute Gasteiger partial charge is 0.454 e. The van der Waals surface area contributed by atoms with E-state index < -0.39 is 15.4 Å². The predicted molar refractivity (Wildman–Crippen MR) is 141 cm³/mol. The van der Waals surface area contributed by atoms with Gasteiger partial charge >= 0.3 is 0 Å². The number of ether oxygens (including phenoxy) is 2. The van der Waals surface area contributed by atoms with E-state index in [2.05, 4.69) is 6.92 Å². The van der Waals surface area contributed by atoms with Gasteiger partial charge in [0.15, 0.2) is 11.5 Å². The molecule has 3 aromatic carbocycles. The normalized spacial score (nSPS) is 20.5. The van der Waals surface area contributed by atoms with Crippen molar-refractivity contribution in [3.8, 4) is 22.6 Å². The topological polar surface area (TPSA) is 72.9 Å². The molecule has 1 atom stereocenters. The molecule has 2 fully saturated rings. The van der Waals surface area contributed by atoms with Crippen molar-refractivity contribution >= 4 is 15.8 Å². The summed E-state index contributed by atoms with van der Waals surface area (Å²) in [6, 6.07) is 20.9. The van der Waals surface area contributed by atoms with Crippen LogP contribution in [0.1, 0.15) is 43.7 Å². The lowest BCUT2D eigenvalue weighted by Gasteiger charge is -2.30. The van der Waals surface area contributed by atoms with E-state index in [1.54, 1.807) is 16.4 Å². The number of nitrogens with zero attached hydrogens (tertiary/aromatic N) is 1. The van der Waals surface area contributed by atoms with Gasteiger partial charge in [0, 0.05) is 19.5 Å². The van der Waals surface area contributed by atoms with Crippen molar-refractivity contribution in [1.29, 1.82) is 0 Å². The molecule has 37 heavy (non-hydrogen) atoms. The molecule has 3 aromatic rings. The summed E-state index contributed by atoms with van der Waals surface area (Å²) in [6.07, 6.45) is 4.01. The van der Waals surface area contributed by atoms with Crippen LogP contribution in [0.2, 0.25) is 0 Å². The molecule has 0 bridgehead atoms. The Morgan fingerprint density at radius 3 is 2.51 bits per heavy atom. The number of carbonyl (C=O) groups excluding carboxylic acids is 1. The molecule has 0 aromatic heterocycles. The minimum absolute atomic E-state index is 0.209. The smallest absolute Gasteiger partial charge is 0.243 e. The molecule has 0 amide bonds. The van der Waals surface area contributed by atoms with E-state index in [0.29, 0.717) is 36.1 Å². The molecule has 2 aliphatic heterocycles. The Balaban J connectivity index is 1.18. The van der Waals surface area contributed by atoms with E-state index in [0.717, 1.165) is 53.7 Å². The van der Waals surface area contributed by atoms with Gasteiger partial charge in [0.1, 0.15) is 5.78 Å². The van der Waals surface area contributed by atoms with Crippen LogP contribution in [-0.4, -0.2) is 38.4 Å². The molecular formula is C30H31NO5S. The zero-order valence-corrected chi connectivity index (χ0v) is 21.8. The molecule has 0 radical (unpaired) electrons. The molecule has 6 rings (SSSR count). The van der Waals surface area contributed by atoms with Gasteiger partial charge in [-0.25, -0.2) is 8.42 Å². The number of fused-ring (bicyclic) bond motifs is 1. The molecule has 3 aliphatic rings. The molecule has 1 saturated carbocycles. The Morgan fingerprint density at radius 2 is 1.76 bits per heavy atom. The van der Waals surface area contributed by atoms with Crippen LogP contribution in [0.4, 0.5) is 0 Å². The Labute approximate surface area is 218 Å². The van der Waals surface area contributed by atoms with Crippen LogP contribution in [0.3, 0.4) is 0 Å². The van der Waals surface area contributed by atoms with E-state index in [1.807, 2.05) is 54.6 Å². The molecule has 1 aliphatic carbocycles. The molecule has 2 heterocycles. The predicted octanol–water partition coefficient (Wildman–Crippen LogP) is 5.35. The maximum absolute atomic E-state index is 13.4. The van der Waals surface area contributed by atoms with Gasteiger partial charge in [0.25, 0.3) is 0 Å². The number of hydrogen-bond donors (Lipinski definition) is 0. The second-order valence-corrected chi connectivity index (χ2v) is 12.5. The fourth-order valence-corrected chi connectivity index (χ4v) is 7.19. The standard InChI is InChI=1S/C30H31NO5S/c1-21-4-3-15-31(19-21)37(33,34)26-10-7-23(8-11-26)24-6-2-5-22(16-24)17-29(32)30(13-14-30)25-9-12-27-28(18-25)36-20-35-27/h2,5-12,16,18,21H,3-4,13-15,17,19-20H2,1H3. The number of Topliss-reactive ketones (excluding diaryl/α,β-unsaturated/α-hetero) is 1. The Bertz CT molecular complexity index is 1440. The summed E-state index contributed by atoms with van der Waals surface area (Å²) in [5.41, 5.74) is 3.40. The summed E-state index contributed by atoms with van der Waals surface area (Å²) in [7, 11) is -3.49. The molecule has 1 saturated heterocycles. The fourth-order valence-electron chi connectivity index (χ4n) is 5.60. The van der Waals surface area contributed by atoms with Crippen molar-refractivity contribution in [3.05, 3.63) is 77.9 Å². The van der Waals surface area contributed by atoms with Crippen molar-refractivity contribution < 1.29 is 22.7 Å². The average Bonchev–Trinajstić information content (AvgIpc) is 3.59. The number of ketones is 1. The number of sulfonamides is 1. The van der Waals surface area contributed by atoms with Gasteiger partial charge in [-0.05, 0) is 78.1 Å². The Kier molecular flexibility index (Phi) is 6.08. The van der Waals surface area contributed by atoms with E-state index in [-0.39, 0.29) is 12.6 Å². The lowest BCUT2D eigenvalue weighted by Crippen LogP contribution is -2.39. The maximum atomic E-state index is 13.4. The lowest BCUT2D eigenvalue weighted by molar-refractivity contribution is -0.120. The minimum Gasteiger partial charge on any atom is -0.454 e. The zero-order valence-electron chi connectivity index (χ0n) is 21.0. The van der Waals surface area contributed by atoms with Crippen LogP contribution < -0.4 is 9.47 Å². The number of benzene rings is 3. The third-order valence-corrected chi connectivity index (χ3v) is 9.83. The highest BCUT2D eigenvalue weighted by Gasteiger charge is 2.50. The molecule has 0 spiro atoms. The molecule has 7 heteroatoms. The van der Waals surface area contributed by atoms with Crippen molar-refractivity contribution in [3.63, 3.8) is 0 Å². The average molecular weight is 518 g/mol. The Morgan fingerprint density at radius 1 is 0.973 bits per heavy atom. The summed E-state index contributed by atoms with van der Waals surface area (Å²) in [4.78, 5) is 13.8. The Hall–Kier alpha value is -3.16. The van der Waals surface area contributed by atoms with Crippen molar-refractivity contribution in [2.45, 2.75) is 49.3 Å². The van der Waals surface area contributed by atoms with Crippen molar-refractivity contribution in [2.24, 2.45) is 5.92 Å². The highest BCUT2D eigenvalue weighted by atomic mass is 32.2. The molecule has 192 valence electrons. The van der Waals surface area contributed by atoms with E-state index >= 15 is 0 Å². The van der Waals surface area contributed by atoms with Crippen LogP contribution in [0, 0.1) is 5.92 Å². The van der Waals surface area contributed by atoms with E-state index in [9.17, 15) is 13.2 Å². The van der Waals surface area contributed by atoms with Gasteiger partial charge < -0.3 is 9.47 Å². The summed E-state index contributed by atoms with van der Waals surface area (Å²) in [5, 5.41) is 0. The third-order valence-electron chi connectivity index (χ3n) is 7.95. The monoisotopic (exact) mass is 517 g/mol. The van der Waals surface area contributed by atoms with Gasteiger partial charge in [0.05, 0.1) is 10.3 Å². The number of hydrogen-bond acceptors (Lipinski definition) is 5. The quantitative estimate of drug-likeness (QED) is 0.423. The van der Waals surface area contributed by atoms with Gasteiger partial charge in [-0.15, -0.1) is 0 Å². The molecular weight excluding hydrogens is 486 g/mol.